The maximum Gasteiger partial charge on any atom is 0.433 e. The number of halogens is 1. The van der Waals surface area contributed by atoms with E-state index in [4.69, 9.17) is 37.6 Å². The first-order valence-corrected chi connectivity index (χ1v) is 11.9. The summed E-state index contributed by atoms with van der Waals surface area (Å²) in [5, 5.41) is 12.5. The van der Waals surface area contributed by atoms with Crippen molar-refractivity contribution in [2.24, 2.45) is 21.5 Å². The lowest BCUT2D eigenvalue weighted by Gasteiger charge is -2.29. The minimum absolute atomic E-state index is 0.0856. The van der Waals surface area contributed by atoms with Crippen LogP contribution in [0, 0.1) is 0 Å². The molecule has 3 atom stereocenters. The molecule has 1 fully saturated rings. The Kier molecular flexibility index (Phi) is 8.21. The van der Waals surface area contributed by atoms with Crippen LogP contribution in [0.4, 0.5) is 10.5 Å². The number of carbonyl (C=O) groups is 1. The lowest BCUT2D eigenvalue weighted by molar-refractivity contribution is 0.122. The Hall–Kier alpha value is -3.44. The molecule has 1 saturated heterocycles. The number of nitrogens with one attached hydrogen (secondary N) is 1. The summed E-state index contributed by atoms with van der Waals surface area (Å²) in [6.07, 6.45) is -0.475. The summed E-state index contributed by atoms with van der Waals surface area (Å²) < 4.78 is 11.3. The van der Waals surface area contributed by atoms with Crippen molar-refractivity contribution in [3.8, 4) is 5.75 Å². The number of allylic oxidation sites excluding steroid dienone is 1. The van der Waals surface area contributed by atoms with E-state index in [9.17, 15) is 4.79 Å². The third-order valence-electron chi connectivity index (χ3n) is 5.82. The van der Waals surface area contributed by atoms with E-state index in [1.165, 1.54) is 0 Å². The van der Waals surface area contributed by atoms with Crippen LogP contribution in [-0.2, 0) is 4.74 Å². The zero-order valence-electron chi connectivity index (χ0n) is 19.8. The summed E-state index contributed by atoms with van der Waals surface area (Å²) >= 11 is 6.59. The van der Waals surface area contributed by atoms with Gasteiger partial charge in [-0.15, -0.1) is 0 Å². The minimum Gasteiger partial charge on any atom is -0.476 e. The number of amides is 1. The van der Waals surface area contributed by atoms with Crippen LogP contribution in [0.15, 0.2) is 69.6 Å². The van der Waals surface area contributed by atoms with E-state index in [0.29, 0.717) is 22.1 Å². The summed E-state index contributed by atoms with van der Waals surface area (Å²) in [6.45, 7) is 5.05. The molecule has 0 spiro atoms. The van der Waals surface area contributed by atoms with Crippen LogP contribution in [-0.4, -0.2) is 67.5 Å². The fourth-order valence-corrected chi connectivity index (χ4v) is 4.31. The number of morpholine rings is 1. The first-order chi connectivity index (χ1) is 17.3. The first kappa shape index (κ1) is 25.6. The quantitative estimate of drug-likeness (QED) is 0.251. The highest BCUT2D eigenvalue weighted by Gasteiger charge is 2.25. The predicted octanol–water partition coefficient (Wildman–Crippen LogP) is 2.50. The lowest BCUT2D eigenvalue weighted by atomic mass is 10.0. The molecule has 1 amide bonds. The van der Waals surface area contributed by atoms with Gasteiger partial charge in [-0.2, -0.15) is 4.99 Å². The molecule has 3 unspecified atom stereocenters. The molecule has 0 radical (unpaired) electrons. The van der Waals surface area contributed by atoms with E-state index in [2.05, 4.69) is 32.3 Å². The number of dihydropyridines is 1. The molecule has 36 heavy (non-hydrogen) atoms. The molecule has 6 N–H and O–H groups in total. The van der Waals surface area contributed by atoms with E-state index >= 15 is 0 Å². The van der Waals surface area contributed by atoms with Crippen LogP contribution in [0.1, 0.15) is 18.1 Å². The number of anilines is 1. The number of ether oxygens (including phenoxy) is 2. The van der Waals surface area contributed by atoms with Crippen molar-refractivity contribution in [1.82, 2.24) is 5.32 Å². The third-order valence-corrected chi connectivity index (χ3v) is 6.13. The van der Waals surface area contributed by atoms with Crippen LogP contribution < -0.4 is 26.4 Å². The Balaban J connectivity index is 1.36. The van der Waals surface area contributed by atoms with Crippen molar-refractivity contribution in [3.63, 3.8) is 0 Å². The number of carboxylic acid groups (broad SMARTS) is 1. The Labute approximate surface area is 214 Å². The van der Waals surface area contributed by atoms with Crippen LogP contribution in [0.3, 0.4) is 0 Å². The maximum absolute atomic E-state index is 10.7. The molecule has 0 aliphatic carbocycles. The highest BCUT2D eigenvalue weighted by molar-refractivity contribution is 6.46. The largest absolute Gasteiger partial charge is 0.476 e. The second-order valence-corrected chi connectivity index (χ2v) is 8.79. The van der Waals surface area contributed by atoms with E-state index in [1.807, 2.05) is 25.1 Å². The molecule has 4 rings (SSSR count). The van der Waals surface area contributed by atoms with Gasteiger partial charge < -0.3 is 30.9 Å². The molecule has 2 aromatic carbocycles. The molecular weight excluding hydrogens is 484 g/mol. The number of amidine groups is 1. The van der Waals surface area contributed by atoms with Crippen LogP contribution in [0.2, 0.25) is 0 Å². The van der Waals surface area contributed by atoms with Crippen molar-refractivity contribution >= 4 is 34.9 Å². The highest BCUT2D eigenvalue weighted by Crippen LogP contribution is 2.24. The van der Waals surface area contributed by atoms with Gasteiger partial charge in [0.2, 0.25) is 0 Å². The number of aliphatic imine (C=N–C) groups is 2. The number of hydrogen-bond donors (Lipinski definition) is 4. The van der Waals surface area contributed by atoms with Crippen LogP contribution in [0.5, 0.6) is 5.75 Å². The van der Waals surface area contributed by atoms with Gasteiger partial charge in [0.25, 0.3) is 0 Å². The van der Waals surface area contributed by atoms with E-state index in [0.717, 1.165) is 37.6 Å². The van der Waals surface area contributed by atoms with Gasteiger partial charge in [-0.1, -0.05) is 23.7 Å². The summed E-state index contributed by atoms with van der Waals surface area (Å²) in [5.74, 6) is 0.475. The Morgan fingerprint density at radius 3 is 2.53 bits per heavy atom. The summed E-state index contributed by atoms with van der Waals surface area (Å²) in [6, 6.07) is 14.4. The normalized spacial score (nSPS) is 21.4. The zero-order valence-corrected chi connectivity index (χ0v) is 20.6. The van der Waals surface area contributed by atoms with Crippen molar-refractivity contribution in [3.05, 3.63) is 70.8 Å². The topological polar surface area (TPSA) is 148 Å². The van der Waals surface area contributed by atoms with E-state index in [-0.39, 0.29) is 11.9 Å². The first-order valence-electron chi connectivity index (χ1n) is 11.5. The SMILES string of the molecule is CC(NC1C=C(Cl)C(c2ccc(N3CCOCC3)cc2)=NC1N)Oc1ccc(/C(N)=N/C(=O)O)cc1. The van der Waals surface area contributed by atoms with Gasteiger partial charge in [-0.3, -0.25) is 10.3 Å². The predicted molar refractivity (Wildman–Crippen MR) is 140 cm³/mol. The average Bonchev–Trinajstić information content (AvgIpc) is 2.86. The molecule has 0 aromatic heterocycles. The minimum atomic E-state index is -1.35. The molecule has 2 aromatic rings. The molecule has 10 nitrogen and oxygen atoms in total. The second-order valence-electron chi connectivity index (χ2n) is 8.39. The lowest BCUT2D eigenvalue weighted by Crippen LogP contribution is -2.50. The number of rotatable bonds is 7. The van der Waals surface area contributed by atoms with Gasteiger partial charge in [0.1, 0.15) is 24.0 Å². The maximum atomic E-state index is 10.7. The summed E-state index contributed by atoms with van der Waals surface area (Å²) in [7, 11) is 0. The third kappa shape index (κ3) is 6.41. The average molecular weight is 513 g/mol. The van der Waals surface area contributed by atoms with Gasteiger partial charge in [0, 0.05) is 29.9 Å². The van der Waals surface area contributed by atoms with E-state index in [1.54, 1.807) is 24.3 Å². The van der Waals surface area contributed by atoms with Gasteiger partial charge in [0.15, 0.2) is 0 Å². The van der Waals surface area contributed by atoms with Crippen molar-refractivity contribution in [2.45, 2.75) is 25.4 Å². The zero-order chi connectivity index (χ0) is 25.7. The highest BCUT2D eigenvalue weighted by atomic mass is 35.5. The van der Waals surface area contributed by atoms with Gasteiger partial charge in [-0.25, -0.2) is 4.79 Å². The molecule has 2 heterocycles. The van der Waals surface area contributed by atoms with E-state index < -0.39 is 18.5 Å². The second kappa shape index (κ2) is 11.5. The Morgan fingerprint density at radius 2 is 1.89 bits per heavy atom. The standard InChI is InChI=1S/C25H29ClN6O4/c1-15(36-19-8-4-17(5-9-19)23(27)31-25(33)34)29-21-14-20(26)22(30-24(21)28)16-2-6-18(7-3-16)32-10-12-35-13-11-32/h2-9,14-15,21,24,29H,10-13,28H2,1H3,(H2,27,31)(H,33,34). The Bertz CT molecular complexity index is 1160. The van der Waals surface area contributed by atoms with Crippen LogP contribution in [0.25, 0.3) is 0 Å². The molecule has 190 valence electrons. The molecule has 0 saturated carbocycles. The molecule has 0 bridgehead atoms. The number of hydrogen-bond acceptors (Lipinski definition) is 7. The number of nitrogens with two attached hydrogens (primary N) is 2. The monoisotopic (exact) mass is 512 g/mol. The Morgan fingerprint density at radius 1 is 1.22 bits per heavy atom. The fraction of sp³-hybridized carbons (Fsp3) is 0.320. The molecule has 2 aliphatic heterocycles. The van der Waals surface area contributed by atoms with Crippen molar-refractivity contribution < 1.29 is 19.4 Å². The smallest absolute Gasteiger partial charge is 0.433 e. The number of benzene rings is 2. The molecule has 2 aliphatic rings. The summed E-state index contributed by atoms with van der Waals surface area (Å²) in [4.78, 5) is 20.9. The van der Waals surface area contributed by atoms with Crippen molar-refractivity contribution in [1.29, 1.82) is 0 Å². The van der Waals surface area contributed by atoms with Gasteiger partial charge >= 0.3 is 6.09 Å². The van der Waals surface area contributed by atoms with Gasteiger partial charge in [0.05, 0.1) is 30.0 Å². The van der Waals surface area contributed by atoms with Crippen molar-refractivity contribution in [2.75, 3.05) is 31.2 Å². The van der Waals surface area contributed by atoms with Crippen LogP contribution >= 0.6 is 11.6 Å². The van der Waals surface area contributed by atoms with Gasteiger partial charge in [-0.05, 0) is 49.4 Å². The number of nitrogens with zero attached hydrogens (tertiary/aromatic N) is 3. The fourth-order valence-electron chi connectivity index (χ4n) is 4.02. The molecule has 11 heteroatoms. The summed E-state index contributed by atoms with van der Waals surface area (Å²) in [5.41, 5.74) is 15.2. The molecular formula is C25H29ClN6O4.